The first-order valence-corrected chi connectivity index (χ1v) is 12.0. The summed E-state index contributed by atoms with van der Waals surface area (Å²) in [6, 6.07) is 16.1. The Bertz CT molecular complexity index is 1290. The Kier molecular flexibility index (Phi) is 8.08. The normalized spacial score (nSPS) is 10.9. The van der Waals surface area contributed by atoms with Gasteiger partial charge in [-0.05, 0) is 61.0 Å². The Hall–Kier alpha value is -3.92. The number of rotatable bonds is 10. The number of aryl methyl sites for hydroxylation is 1. The van der Waals surface area contributed by atoms with Crippen molar-refractivity contribution in [1.29, 1.82) is 0 Å². The van der Waals surface area contributed by atoms with E-state index in [1.807, 2.05) is 0 Å². The summed E-state index contributed by atoms with van der Waals surface area (Å²) in [6.07, 6.45) is 0. The fourth-order valence-electron chi connectivity index (χ4n) is 3.40. The largest absolute Gasteiger partial charge is 0.497 e. The number of carbonyl (C=O) groups is 1. The summed E-state index contributed by atoms with van der Waals surface area (Å²) in [5.41, 5.74) is 1.35. The Morgan fingerprint density at radius 3 is 2.00 bits per heavy atom. The molecule has 186 valence electrons. The highest BCUT2D eigenvalue weighted by Gasteiger charge is 2.30. The van der Waals surface area contributed by atoms with Crippen LogP contribution in [0, 0.1) is 6.92 Å². The second-order valence-corrected chi connectivity index (χ2v) is 9.31. The molecular weight excluding hydrogens is 472 g/mol. The van der Waals surface area contributed by atoms with Gasteiger partial charge < -0.3 is 24.3 Å². The van der Waals surface area contributed by atoms with Gasteiger partial charge in [-0.2, -0.15) is 0 Å². The number of nitrogens with one attached hydrogen (secondary N) is 1. The first-order valence-electron chi connectivity index (χ1n) is 10.6. The van der Waals surface area contributed by atoms with E-state index in [2.05, 4.69) is 5.32 Å². The molecule has 0 radical (unpaired) electrons. The van der Waals surface area contributed by atoms with E-state index >= 15 is 0 Å². The minimum Gasteiger partial charge on any atom is -0.497 e. The zero-order chi connectivity index (χ0) is 25.6. The third-order valence-corrected chi connectivity index (χ3v) is 7.01. The molecule has 0 aliphatic heterocycles. The van der Waals surface area contributed by atoms with Crippen LogP contribution in [0.25, 0.3) is 0 Å². The molecule has 0 saturated heterocycles. The lowest BCUT2D eigenvalue weighted by molar-refractivity contribution is -0.114. The zero-order valence-corrected chi connectivity index (χ0v) is 21.0. The number of benzene rings is 3. The second-order valence-electron chi connectivity index (χ2n) is 7.48. The van der Waals surface area contributed by atoms with Crippen LogP contribution < -0.4 is 28.6 Å². The van der Waals surface area contributed by atoms with E-state index in [0.717, 1.165) is 9.87 Å². The van der Waals surface area contributed by atoms with Gasteiger partial charge >= 0.3 is 0 Å². The van der Waals surface area contributed by atoms with Crippen LogP contribution in [0.5, 0.6) is 23.0 Å². The molecule has 1 N–H and O–H groups in total. The summed E-state index contributed by atoms with van der Waals surface area (Å²) < 4.78 is 49.7. The Balaban J connectivity index is 2.03. The van der Waals surface area contributed by atoms with Crippen LogP contribution in [0.15, 0.2) is 65.6 Å². The van der Waals surface area contributed by atoms with Crippen LogP contribution in [-0.2, 0) is 14.8 Å². The van der Waals surface area contributed by atoms with Crippen molar-refractivity contribution in [1.82, 2.24) is 0 Å². The number of amides is 1. The molecule has 0 aliphatic carbocycles. The van der Waals surface area contributed by atoms with Crippen molar-refractivity contribution >= 4 is 27.3 Å². The summed E-state index contributed by atoms with van der Waals surface area (Å²) in [4.78, 5) is 13.1. The van der Waals surface area contributed by atoms with Gasteiger partial charge in [0, 0.05) is 6.07 Å². The highest BCUT2D eigenvalue weighted by atomic mass is 32.2. The van der Waals surface area contributed by atoms with E-state index in [1.165, 1.54) is 34.5 Å². The monoisotopic (exact) mass is 500 g/mol. The number of hydrogen-bond donors (Lipinski definition) is 1. The number of nitrogens with zero attached hydrogens (tertiary/aromatic N) is 1. The Morgan fingerprint density at radius 1 is 0.800 bits per heavy atom. The van der Waals surface area contributed by atoms with Crippen molar-refractivity contribution in [3.8, 4) is 23.0 Å². The fourth-order valence-corrected chi connectivity index (χ4v) is 5.06. The maximum Gasteiger partial charge on any atom is 0.268 e. The maximum atomic E-state index is 13.8. The SMILES string of the molecule is COc1ccc(N(CC(=O)Nc2cc(OC)ccc2OC)S(=O)(=O)c2cc(C)ccc2OC)cc1. The number of methoxy groups -OCH3 is 4. The Morgan fingerprint density at radius 2 is 1.40 bits per heavy atom. The van der Waals surface area contributed by atoms with E-state index in [9.17, 15) is 13.2 Å². The number of sulfonamides is 1. The first-order chi connectivity index (χ1) is 16.7. The lowest BCUT2D eigenvalue weighted by Crippen LogP contribution is -2.38. The summed E-state index contributed by atoms with van der Waals surface area (Å²) in [7, 11) is 1.67. The standard InChI is InChI=1S/C25H28N2O7S/c1-17-6-12-23(34-5)24(14-17)35(29,30)27(18-7-9-19(31-2)10-8-18)16-25(28)26-21-15-20(32-3)11-13-22(21)33-4/h6-15H,16H2,1-5H3,(H,26,28). The van der Waals surface area contributed by atoms with E-state index < -0.39 is 22.5 Å². The molecule has 0 atom stereocenters. The van der Waals surface area contributed by atoms with Gasteiger partial charge in [-0.3, -0.25) is 9.10 Å². The topological polar surface area (TPSA) is 103 Å². The molecular formula is C25H28N2O7S. The van der Waals surface area contributed by atoms with Crippen LogP contribution in [0.3, 0.4) is 0 Å². The van der Waals surface area contributed by atoms with Crippen LogP contribution in [0.2, 0.25) is 0 Å². The van der Waals surface area contributed by atoms with Crippen LogP contribution in [0.4, 0.5) is 11.4 Å². The quantitative estimate of drug-likeness (QED) is 0.451. The molecule has 3 rings (SSSR count). The molecule has 0 fully saturated rings. The van der Waals surface area contributed by atoms with Gasteiger partial charge in [-0.1, -0.05) is 6.07 Å². The third-order valence-electron chi connectivity index (χ3n) is 5.22. The van der Waals surface area contributed by atoms with E-state index in [4.69, 9.17) is 18.9 Å². The number of hydrogen-bond acceptors (Lipinski definition) is 7. The summed E-state index contributed by atoms with van der Waals surface area (Å²) in [6.45, 7) is 1.27. The third kappa shape index (κ3) is 5.78. The van der Waals surface area contributed by atoms with Gasteiger partial charge in [0.15, 0.2) is 0 Å². The molecule has 0 spiro atoms. The van der Waals surface area contributed by atoms with Crippen molar-refractivity contribution < 1.29 is 32.2 Å². The van der Waals surface area contributed by atoms with Crippen molar-refractivity contribution in [2.24, 2.45) is 0 Å². The van der Waals surface area contributed by atoms with E-state index in [-0.39, 0.29) is 16.3 Å². The van der Waals surface area contributed by atoms with Crippen molar-refractivity contribution in [2.45, 2.75) is 11.8 Å². The lowest BCUT2D eigenvalue weighted by Gasteiger charge is -2.25. The smallest absolute Gasteiger partial charge is 0.268 e. The van der Waals surface area contributed by atoms with Crippen LogP contribution in [-0.4, -0.2) is 49.3 Å². The average Bonchev–Trinajstić information content (AvgIpc) is 2.87. The molecule has 35 heavy (non-hydrogen) atoms. The van der Waals surface area contributed by atoms with Gasteiger partial charge in [0.1, 0.15) is 34.4 Å². The summed E-state index contributed by atoms with van der Waals surface area (Å²) in [5.74, 6) is 1.04. The molecule has 0 bridgehead atoms. The maximum absolute atomic E-state index is 13.8. The molecule has 0 aliphatic rings. The molecule has 0 heterocycles. The van der Waals surface area contributed by atoms with Gasteiger partial charge in [-0.15, -0.1) is 0 Å². The number of carbonyl (C=O) groups excluding carboxylic acids is 1. The van der Waals surface area contributed by atoms with Gasteiger partial charge in [0.2, 0.25) is 5.91 Å². The molecule has 3 aromatic carbocycles. The summed E-state index contributed by atoms with van der Waals surface area (Å²) in [5, 5.41) is 2.72. The number of ether oxygens (including phenoxy) is 4. The molecule has 3 aromatic rings. The predicted molar refractivity (Wildman–Crippen MR) is 133 cm³/mol. The molecule has 1 amide bonds. The van der Waals surface area contributed by atoms with Crippen LogP contribution in [0.1, 0.15) is 5.56 Å². The molecule has 9 nitrogen and oxygen atoms in total. The minimum atomic E-state index is -4.20. The minimum absolute atomic E-state index is 0.0532. The van der Waals surface area contributed by atoms with Gasteiger partial charge in [0.25, 0.3) is 10.0 Å². The first kappa shape index (κ1) is 25.7. The fraction of sp³-hybridized carbons (Fsp3) is 0.240. The molecule has 0 aromatic heterocycles. The van der Waals surface area contributed by atoms with Crippen molar-refractivity contribution in [2.75, 3.05) is 44.6 Å². The van der Waals surface area contributed by atoms with Gasteiger partial charge in [-0.25, -0.2) is 8.42 Å². The molecule has 0 saturated carbocycles. The van der Waals surface area contributed by atoms with E-state index in [1.54, 1.807) is 61.5 Å². The molecule has 0 unspecified atom stereocenters. The van der Waals surface area contributed by atoms with E-state index in [0.29, 0.717) is 22.9 Å². The Labute approximate surface area is 205 Å². The average molecular weight is 501 g/mol. The highest BCUT2D eigenvalue weighted by molar-refractivity contribution is 7.93. The zero-order valence-electron chi connectivity index (χ0n) is 20.2. The van der Waals surface area contributed by atoms with Gasteiger partial charge in [0.05, 0.1) is 39.8 Å². The lowest BCUT2D eigenvalue weighted by atomic mass is 10.2. The molecule has 10 heteroatoms. The summed E-state index contributed by atoms with van der Waals surface area (Å²) >= 11 is 0. The van der Waals surface area contributed by atoms with Crippen LogP contribution >= 0.6 is 0 Å². The van der Waals surface area contributed by atoms with Crippen molar-refractivity contribution in [3.05, 3.63) is 66.2 Å². The van der Waals surface area contributed by atoms with Crippen molar-refractivity contribution in [3.63, 3.8) is 0 Å². The second kappa shape index (κ2) is 11.0. The number of anilines is 2. The highest BCUT2D eigenvalue weighted by Crippen LogP contribution is 2.33. The predicted octanol–water partition coefficient (Wildman–Crippen LogP) is 3.86.